The van der Waals surface area contributed by atoms with E-state index in [1.54, 1.807) is 11.8 Å². The fraction of sp³-hybridized carbons (Fsp3) is 0.300. The summed E-state index contributed by atoms with van der Waals surface area (Å²) < 4.78 is 0. The Balaban J connectivity index is 3.24. The van der Waals surface area contributed by atoms with E-state index in [9.17, 15) is 4.79 Å². The van der Waals surface area contributed by atoms with Crippen LogP contribution in [-0.2, 0) is 5.75 Å². The molecule has 0 aliphatic rings. The van der Waals surface area contributed by atoms with Crippen LogP contribution < -0.4 is 0 Å². The van der Waals surface area contributed by atoms with Crippen LogP contribution in [0.4, 0.5) is 0 Å². The van der Waals surface area contributed by atoms with Crippen LogP contribution in [0.15, 0.2) is 12.1 Å². The second-order valence-corrected chi connectivity index (χ2v) is 4.28. The van der Waals surface area contributed by atoms with Crippen molar-refractivity contribution in [2.45, 2.75) is 12.7 Å². The minimum absolute atomic E-state index is 0.293. The van der Waals surface area contributed by atoms with Gasteiger partial charge in [-0.15, -0.1) is 0 Å². The number of rotatable bonds is 3. The van der Waals surface area contributed by atoms with Gasteiger partial charge in [-0.05, 0) is 36.4 Å². The zero-order chi connectivity index (χ0) is 10.7. The topological polar surface area (TPSA) is 37.3 Å². The van der Waals surface area contributed by atoms with Crippen molar-refractivity contribution in [3.63, 3.8) is 0 Å². The monoisotopic (exact) mass is 230 g/mol. The summed E-state index contributed by atoms with van der Waals surface area (Å²) in [5, 5.41) is 9.40. The molecule has 0 unspecified atom stereocenters. The molecule has 1 aromatic carbocycles. The number of halogens is 1. The first-order chi connectivity index (χ1) is 6.56. The Morgan fingerprint density at radius 3 is 2.71 bits per heavy atom. The van der Waals surface area contributed by atoms with Crippen LogP contribution >= 0.6 is 23.4 Å². The van der Waals surface area contributed by atoms with Gasteiger partial charge in [-0.2, -0.15) is 11.8 Å². The molecule has 0 fully saturated rings. The molecule has 0 spiro atoms. The van der Waals surface area contributed by atoms with E-state index >= 15 is 0 Å². The molecule has 0 bridgehead atoms. The Morgan fingerprint density at radius 1 is 1.57 bits per heavy atom. The zero-order valence-corrected chi connectivity index (χ0v) is 9.58. The second kappa shape index (κ2) is 4.71. The van der Waals surface area contributed by atoms with E-state index in [0.29, 0.717) is 10.6 Å². The van der Waals surface area contributed by atoms with Gasteiger partial charge >= 0.3 is 5.97 Å². The van der Waals surface area contributed by atoms with Crippen molar-refractivity contribution in [3.05, 3.63) is 33.8 Å². The molecule has 1 aromatic rings. The second-order valence-electron chi connectivity index (χ2n) is 2.98. The fourth-order valence-electron chi connectivity index (χ4n) is 1.26. The predicted octanol–water partition coefficient (Wildman–Crippen LogP) is 3.21. The van der Waals surface area contributed by atoms with Crippen molar-refractivity contribution in [3.8, 4) is 0 Å². The number of hydrogen-bond donors (Lipinski definition) is 1. The fourth-order valence-corrected chi connectivity index (χ4v) is 2.11. The van der Waals surface area contributed by atoms with Crippen molar-refractivity contribution in [1.82, 2.24) is 0 Å². The lowest BCUT2D eigenvalue weighted by atomic mass is 10.0. The molecule has 0 amide bonds. The maximum atomic E-state index is 10.9. The van der Waals surface area contributed by atoms with Crippen molar-refractivity contribution in [1.29, 1.82) is 0 Å². The van der Waals surface area contributed by atoms with Crippen LogP contribution in [0.3, 0.4) is 0 Å². The van der Waals surface area contributed by atoms with Gasteiger partial charge in [0.05, 0.1) is 5.56 Å². The van der Waals surface area contributed by atoms with Crippen LogP contribution in [0.2, 0.25) is 5.02 Å². The van der Waals surface area contributed by atoms with Gasteiger partial charge in [0.25, 0.3) is 0 Å². The van der Waals surface area contributed by atoms with E-state index in [2.05, 4.69) is 0 Å². The minimum Gasteiger partial charge on any atom is -0.478 e. The summed E-state index contributed by atoms with van der Waals surface area (Å²) in [6, 6.07) is 3.31. The molecule has 0 atom stereocenters. The standard InChI is InChI=1S/C10H11ClO2S/c1-6-7(5-14-2)3-8(11)4-9(6)10(12)13/h3-4H,5H2,1-2H3,(H,12,13). The summed E-state index contributed by atoms with van der Waals surface area (Å²) in [6.07, 6.45) is 1.97. The van der Waals surface area contributed by atoms with Crippen molar-refractivity contribution < 1.29 is 9.90 Å². The molecule has 0 aromatic heterocycles. The lowest BCUT2D eigenvalue weighted by molar-refractivity contribution is 0.0696. The molecular weight excluding hydrogens is 220 g/mol. The van der Waals surface area contributed by atoms with Crippen LogP contribution in [0, 0.1) is 6.92 Å². The molecule has 1 rings (SSSR count). The Hall–Kier alpha value is -0.670. The number of hydrogen-bond acceptors (Lipinski definition) is 2. The van der Waals surface area contributed by atoms with Crippen molar-refractivity contribution in [2.24, 2.45) is 0 Å². The van der Waals surface area contributed by atoms with Crippen molar-refractivity contribution >= 4 is 29.3 Å². The molecule has 0 saturated carbocycles. The molecule has 0 radical (unpaired) electrons. The summed E-state index contributed by atoms with van der Waals surface area (Å²) in [5.41, 5.74) is 2.08. The quantitative estimate of drug-likeness (QED) is 0.867. The number of benzene rings is 1. The Kier molecular flexibility index (Phi) is 3.84. The van der Waals surface area contributed by atoms with Gasteiger partial charge in [-0.25, -0.2) is 4.79 Å². The Bertz CT molecular complexity index is 363. The predicted molar refractivity (Wildman–Crippen MR) is 60.4 cm³/mol. The van der Waals surface area contributed by atoms with E-state index in [-0.39, 0.29) is 0 Å². The molecule has 0 heterocycles. The lowest BCUT2D eigenvalue weighted by Crippen LogP contribution is -2.02. The highest BCUT2D eigenvalue weighted by molar-refractivity contribution is 7.97. The van der Waals surface area contributed by atoms with Gasteiger partial charge in [-0.1, -0.05) is 11.6 Å². The number of carboxylic acids is 1. The molecule has 0 saturated heterocycles. The third-order valence-corrected chi connectivity index (χ3v) is 2.83. The highest BCUT2D eigenvalue weighted by Gasteiger charge is 2.11. The molecule has 14 heavy (non-hydrogen) atoms. The number of carbonyl (C=O) groups is 1. The molecule has 76 valence electrons. The number of carboxylic acid groups (broad SMARTS) is 1. The summed E-state index contributed by atoms with van der Waals surface area (Å²) in [7, 11) is 0. The average Bonchev–Trinajstić information content (AvgIpc) is 2.10. The van der Waals surface area contributed by atoms with Crippen molar-refractivity contribution in [2.75, 3.05) is 6.26 Å². The van der Waals surface area contributed by atoms with Crippen LogP contribution in [0.5, 0.6) is 0 Å². The smallest absolute Gasteiger partial charge is 0.336 e. The van der Waals surface area contributed by atoms with Crippen LogP contribution in [0.25, 0.3) is 0 Å². The molecule has 1 N–H and O–H groups in total. The third-order valence-electron chi connectivity index (χ3n) is 2.01. The average molecular weight is 231 g/mol. The SMILES string of the molecule is CSCc1cc(Cl)cc(C(=O)O)c1C. The van der Waals surface area contributed by atoms with Gasteiger partial charge in [-0.3, -0.25) is 0 Å². The summed E-state index contributed by atoms with van der Waals surface area (Å²) in [4.78, 5) is 10.9. The number of thioether (sulfide) groups is 1. The summed E-state index contributed by atoms with van der Waals surface area (Å²) >= 11 is 7.48. The highest BCUT2D eigenvalue weighted by atomic mass is 35.5. The summed E-state index contributed by atoms with van der Waals surface area (Å²) in [5.74, 6) is -0.139. The highest BCUT2D eigenvalue weighted by Crippen LogP contribution is 2.23. The summed E-state index contributed by atoms with van der Waals surface area (Å²) in [6.45, 7) is 1.81. The van der Waals surface area contributed by atoms with Crippen LogP contribution in [0.1, 0.15) is 21.5 Å². The van der Waals surface area contributed by atoms with E-state index in [1.807, 2.05) is 19.2 Å². The van der Waals surface area contributed by atoms with Gasteiger partial charge in [0.2, 0.25) is 0 Å². The van der Waals surface area contributed by atoms with Crippen LogP contribution in [-0.4, -0.2) is 17.3 Å². The first-order valence-electron chi connectivity index (χ1n) is 4.07. The molecule has 0 aliphatic carbocycles. The third kappa shape index (κ3) is 2.42. The van der Waals surface area contributed by atoms with E-state index in [4.69, 9.17) is 16.7 Å². The Labute approximate surface area is 92.3 Å². The molecular formula is C10H11ClO2S. The first kappa shape index (κ1) is 11.4. The maximum Gasteiger partial charge on any atom is 0.336 e. The lowest BCUT2D eigenvalue weighted by Gasteiger charge is -2.08. The van der Waals surface area contributed by atoms with Gasteiger partial charge in [0.15, 0.2) is 0 Å². The molecule has 4 heteroatoms. The van der Waals surface area contributed by atoms with Gasteiger partial charge in [0, 0.05) is 10.8 Å². The Morgan fingerprint density at radius 2 is 2.21 bits per heavy atom. The van der Waals surface area contributed by atoms with E-state index in [0.717, 1.165) is 16.9 Å². The largest absolute Gasteiger partial charge is 0.478 e. The number of aromatic carboxylic acids is 1. The van der Waals surface area contributed by atoms with Gasteiger partial charge < -0.3 is 5.11 Å². The van der Waals surface area contributed by atoms with Gasteiger partial charge in [0.1, 0.15) is 0 Å². The molecule has 0 aliphatic heterocycles. The zero-order valence-electron chi connectivity index (χ0n) is 8.00. The maximum absolute atomic E-state index is 10.9. The normalized spacial score (nSPS) is 10.2. The first-order valence-corrected chi connectivity index (χ1v) is 5.84. The molecule has 2 nitrogen and oxygen atoms in total. The minimum atomic E-state index is -0.924. The van der Waals surface area contributed by atoms with E-state index in [1.165, 1.54) is 6.07 Å². The van der Waals surface area contributed by atoms with E-state index < -0.39 is 5.97 Å².